The minimum absolute atomic E-state index is 0.280. The number of para-hydroxylation sites is 1. The molecule has 0 fully saturated rings. The molecule has 0 saturated carbocycles. The van der Waals surface area contributed by atoms with E-state index in [4.69, 9.17) is 18.6 Å². The molecule has 5 nitrogen and oxygen atoms in total. The van der Waals surface area contributed by atoms with Crippen molar-refractivity contribution < 1.29 is 18.6 Å². The largest absolute Gasteiger partial charge is 0.493 e. The van der Waals surface area contributed by atoms with Gasteiger partial charge in [-0.2, -0.15) is 0 Å². The fourth-order valence-corrected chi connectivity index (χ4v) is 1.27. The van der Waals surface area contributed by atoms with Gasteiger partial charge in [-0.25, -0.2) is 4.98 Å². The van der Waals surface area contributed by atoms with Crippen molar-refractivity contribution in [3.05, 3.63) is 30.8 Å². The fourth-order valence-electron chi connectivity index (χ4n) is 1.27. The molecule has 0 atom stereocenters. The number of rotatable bonds is 4. The maximum absolute atomic E-state index is 5.48. The van der Waals surface area contributed by atoms with Gasteiger partial charge in [-0.1, -0.05) is 6.07 Å². The number of hydrogen-bond acceptors (Lipinski definition) is 5. The molecule has 2 aromatic rings. The van der Waals surface area contributed by atoms with Crippen molar-refractivity contribution in [2.45, 2.75) is 0 Å². The van der Waals surface area contributed by atoms with Gasteiger partial charge in [-0.15, -0.1) is 0 Å². The first-order valence-electron chi connectivity index (χ1n) is 4.62. The molecule has 1 heterocycles. The summed E-state index contributed by atoms with van der Waals surface area (Å²) in [6, 6.07) is 5.35. The van der Waals surface area contributed by atoms with Crippen LogP contribution in [0.3, 0.4) is 0 Å². The highest BCUT2D eigenvalue weighted by molar-refractivity contribution is 5.52. The molecule has 0 aliphatic rings. The lowest BCUT2D eigenvalue weighted by atomic mass is 10.3. The smallest absolute Gasteiger partial charge is 0.310 e. The van der Waals surface area contributed by atoms with E-state index >= 15 is 0 Å². The monoisotopic (exact) mass is 221 g/mol. The van der Waals surface area contributed by atoms with Gasteiger partial charge < -0.3 is 18.6 Å². The molecule has 0 aliphatic carbocycles. The maximum atomic E-state index is 5.48. The highest BCUT2D eigenvalue weighted by Crippen LogP contribution is 2.39. The van der Waals surface area contributed by atoms with Gasteiger partial charge in [0.2, 0.25) is 5.75 Å². The Morgan fingerprint density at radius 2 is 1.81 bits per heavy atom. The third-order valence-corrected chi connectivity index (χ3v) is 1.99. The van der Waals surface area contributed by atoms with Gasteiger partial charge >= 0.3 is 5.95 Å². The molecule has 0 N–H and O–H groups in total. The summed E-state index contributed by atoms with van der Waals surface area (Å²) in [7, 11) is 3.12. The van der Waals surface area contributed by atoms with Crippen molar-refractivity contribution >= 4 is 0 Å². The molecule has 1 aromatic heterocycles. The number of benzene rings is 1. The lowest BCUT2D eigenvalue weighted by molar-refractivity contribution is 0.302. The standard InChI is InChI=1S/C11H11NO4/c1-13-8-4-3-5-9(14-2)11(8)16-10-6-12-7-15-10/h3-7H,1-2H3. The number of nitrogens with zero attached hydrogens (tertiary/aromatic N) is 1. The third-order valence-electron chi connectivity index (χ3n) is 1.99. The highest BCUT2D eigenvalue weighted by Gasteiger charge is 2.13. The molecule has 0 bridgehead atoms. The van der Waals surface area contributed by atoms with E-state index in [0.717, 1.165) is 0 Å². The van der Waals surface area contributed by atoms with Crippen LogP contribution in [0.5, 0.6) is 23.2 Å². The predicted molar refractivity (Wildman–Crippen MR) is 56.1 cm³/mol. The van der Waals surface area contributed by atoms with E-state index in [-0.39, 0.29) is 5.95 Å². The number of ether oxygens (including phenoxy) is 3. The maximum Gasteiger partial charge on any atom is 0.310 e. The van der Waals surface area contributed by atoms with Gasteiger partial charge in [-0.3, -0.25) is 0 Å². The molecule has 0 radical (unpaired) electrons. The minimum atomic E-state index is 0.280. The number of hydrogen-bond donors (Lipinski definition) is 0. The summed E-state index contributed by atoms with van der Waals surface area (Å²) >= 11 is 0. The van der Waals surface area contributed by atoms with E-state index in [0.29, 0.717) is 17.2 Å². The van der Waals surface area contributed by atoms with E-state index in [2.05, 4.69) is 4.98 Å². The van der Waals surface area contributed by atoms with Crippen molar-refractivity contribution in [1.82, 2.24) is 4.98 Å². The zero-order valence-electron chi connectivity index (χ0n) is 8.97. The summed E-state index contributed by atoms with van der Waals surface area (Å²) in [5.41, 5.74) is 0. The Morgan fingerprint density at radius 1 is 1.12 bits per heavy atom. The van der Waals surface area contributed by atoms with E-state index in [1.807, 2.05) is 6.07 Å². The van der Waals surface area contributed by atoms with E-state index in [1.54, 1.807) is 26.4 Å². The van der Waals surface area contributed by atoms with E-state index in [1.165, 1.54) is 12.6 Å². The molecule has 0 unspecified atom stereocenters. The second-order valence-corrected chi connectivity index (χ2v) is 2.91. The van der Waals surface area contributed by atoms with Crippen LogP contribution in [0.1, 0.15) is 0 Å². The van der Waals surface area contributed by atoms with E-state index in [9.17, 15) is 0 Å². The van der Waals surface area contributed by atoms with Crippen LogP contribution in [-0.2, 0) is 0 Å². The van der Waals surface area contributed by atoms with Crippen LogP contribution in [0.4, 0.5) is 0 Å². The second kappa shape index (κ2) is 4.57. The SMILES string of the molecule is COc1cccc(OC)c1Oc1cnco1. The molecular weight excluding hydrogens is 210 g/mol. The van der Waals surface area contributed by atoms with Crippen molar-refractivity contribution in [2.75, 3.05) is 14.2 Å². The van der Waals surface area contributed by atoms with E-state index < -0.39 is 0 Å². The van der Waals surface area contributed by atoms with Crippen molar-refractivity contribution in [3.8, 4) is 23.2 Å². The first-order valence-corrected chi connectivity index (χ1v) is 4.62. The minimum Gasteiger partial charge on any atom is -0.493 e. The van der Waals surface area contributed by atoms with Crippen LogP contribution < -0.4 is 14.2 Å². The van der Waals surface area contributed by atoms with Crippen LogP contribution in [0.2, 0.25) is 0 Å². The van der Waals surface area contributed by atoms with Gasteiger partial charge in [0.1, 0.15) is 6.20 Å². The second-order valence-electron chi connectivity index (χ2n) is 2.91. The molecule has 0 saturated heterocycles. The summed E-state index contributed by atoms with van der Waals surface area (Å²) in [6.07, 6.45) is 2.75. The molecule has 84 valence electrons. The normalized spacial score (nSPS) is 9.88. The van der Waals surface area contributed by atoms with Gasteiger partial charge in [0.25, 0.3) is 0 Å². The highest BCUT2D eigenvalue weighted by atomic mass is 16.6. The summed E-state index contributed by atoms with van der Waals surface area (Å²) in [6.45, 7) is 0. The zero-order valence-corrected chi connectivity index (χ0v) is 8.97. The van der Waals surface area contributed by atoms with Crippen molar-refractivity contribution in [2.24, 2.45) is 0 Å². The Hall–Kier alpha value is -2.17. The molecule has 0 spiro atoms. The van der Waals surface area contributed by atoms with Crippen LogP contribution in [0, 0.1) is 0 Å². The molecule has 16 heavy (non-hydrogen) atoms. The van der Waals surface area contributed by atoms with Crippen molar-refractivity contribution in [3.63, 3.8) is 0 Å². The third kappa shape index (κ3) is 1.93. The predicted octanol–water partition coefficient (Wildman–Crippen LogP) is 2.48. The summed E-state index contributed by atoms with van der Waals surface area (Å²) in [5, 5.41) is 0. The van der Waals surface area contributed by atoms with Crippen molar-refractivity contribution in [1.29, 1.82) is 0 Å². The topological polar surface area (TPSA) is 53.7 Å². The van der Waals surface area contributed by atoms with Gasteiger partial charge in [0.15, 0.2) is 17.9 Å². The average molecular weight is 221 g/mol. The first kappa shape index (κ1) is 10.4. The lowest BCUT2D eigenvalue weighted by Crippen LogP contribution is -1.93. The molecule has 5 heteroatoms. The summed E-state index contributed by atoms with van der Waals surface area (Å²) in [4.78, 5) is 3.76. The average Bonchev–Trinajstić information content (AvgIpc) is 2.82. The summed E-state index contributed by atoms with van der Waals surface area (Å²) in [5.74, 6) is 1.87. The van der Waals surface area contributed by atoms with Crippen LogP contribution >= 0.6 is 0 Å². The molecule has 2 rings (SSSR count). The summed E-state index contributed by atoms with van der Waals surface area (Å²) < 4.78 is 20.8. The quantitative estimate of drug-likeness (QED) is 0.793. The number of aromatic nitrogens is 1. The molecule has 0 aliphatic heterocycles. The molecule has 1 aromatic carbocycles. The Balaban J connectivity index is 2.37. The van der Waals surface area contributed by atoms with Gasteiger partial charge in [0.05, 0.1) is 14.2 Å². The Morgan fingerprint density at radius 3 is 2.31 bits per heavy atom. The van der Waals surface area contributed by atoms with Crippen LogP contribution in [0.25, 0.3) is 0 Å². The molecule has 0 amide bonds. The number of oxazole rings is 1. The Labute approximate surface area is 92.6 Å². The van der Waals surface area contributed by atoms with Gasteiger partial charge in [0, 0.05) is 0 Å². The number of methoxy groups -OCH3 is 2. The molecular formula is C11H11NO4. The lowest BCUT2D eigenvalue weighted by Gasteiger charge is -2.11. The Bertz CT molecular complexity index is 431. The first-order chi connectivity index (χ1) is 7.85. The Kier molecular flexibility index (Phi) is 2.95. The zero-order chi connectivity index (χ0) is 11.4. The van der Waals surface area contributed by atoms with Crippen LogP contribution in [0.15, 0.2) is 35.2 Å². The fraction of sp³-hybridized carbons (Fsp3) is 0.182. The van der Waals surface area contributed by atoms with Crippen LogP contribution in [-0.4, -0.2) is 19.2 Å². The van der Waals surface area contributed by atoms with Gasteiger partial charge in [-0.05, 0) is 12.1 Å².